The van der Waals surface area contributed by atoms with Crippen LogP contribution >= 0.6 is 0 Å². The van der Waals surface area contributed by atoms with E-state index >= 15 is 0 Å². The first-order valence-electron chi connectivity index (χ1n) is 0.928. The van der Waals surface area contributed by atoms with Crippen molar-refractivity contribution in [2.45, 2.75) is 5.71 Å². The van der Waals surface area contributed by atoms with Crippen LogP contribution in [0, 0.1) is 0 Å². The Hall–Kier alpha value is 0.798. The van der Waals surface area contributed by atoms with Gasteiger partial charge in [0.25, 0.3) is 0 Å². The molecule has 1 atom stereocenters. The Balaban J connectivity index is -0.0000000450. The third kappa shape index (κ3) is 109. The van der Waals surface area contributed by atoms with Gasteiger partial charge in [-0.05, 0) is 0 Å². The van der Waals surface area contributed by atoms with Gasteiger partial charge in [0.1, 0.15) is 0 Å². The monoisotopic (exact) mass is 197 g/mol. The van der Waals surface area contributed by atoms with Gasteiger partial charge in [-0.25, -0.2) is 0 Å². The largest absolute Gasteiger partial charge is 2.00 e. The van der Waals surface area contributed by atoms with E-state index in [0.29, 0.717) is 0 Å². The van der Waals surface area contributed by atoms with Crippen molar-refractivity contribution < 1.29 is 24.9 Å². The summed E-state index contributed by atoms with van der Waals surface area (Å²) in [5.41, 5.74) is 1.33. The van der Waals surface area contributed by atoms with E-state index in [1.165, 1.54) is 5.71 Å². The molecule has 0 amide bonds. The smallest absolute Gasteiger partial charge is 0.344 e. The van der Waals surface area contributed by atoms with Crippen molar-refractivity contribution in [3.05, 3.63) is 0 Å². The zero-order valence-corrected chi connectivity index (χ0v) is 6.62. The van der Waals surface area contributed by atoms with Crippen LogP contribution < -0.4 is 6.15 Å². The maximum Gasteiger partial charge on any atom is 2.00 e. The molecular formula is CH8AsFeNO2+2. The third-order valence-corrected chi connectivity index (χ3v) is 0. The molecule has 0 radical (unpaired) electrons. The molecule has 4 N–H and O–H groups in total. The van der Waals surface area contributed by atoms with Gasteiger partial charge in [-0.3, -0.25) is 0 Å². The molecule has 0 aliphatic rings. The van der Waals surface area contributed by atoms with Gasteiger partial charge in [0, 0.05) is 0 Å². The van der Waals surface area contributed by atoms with Gasteiger partial charge < -0.3 is 6.15 Å². The molecule has 40 valence electrons. The summed E-state index contributed by atoms with van der Waals surface area (Å²) in [6, 6.07) is 0. The van der Waals surface area contributed by atoms with Crippen molar-refractivity contribution in [3.63, 3.8) is 0 Å². The normalized spacial score (nSPS) is 10.3. The summed E-state index contributed by atoms with van der Waals surface area (Å²) in [7, 11) is 0. The zero-order valence-electron chi connectivity index (χ0n) is 3.42. The van der Waals surface area contributed by atoms with E-state index in [2.05, 4.69) is 0 Å². The van der Waals surface area contributed by atoms with Crippen LogP contribution in [-0.2, 0) is 20.8 Å². The molecule has 0 saturated heterocycles. The van der Waals surface area contributed by atoms with Crippen LogP contribution in [0.5, 0.6) is 0 Å². The molecule has 6 heavy (non-hydrogen) atoms. The zero-order chi connectivity index (χ0) is 3.58. The summed E-state index contributed by atoms with van der Waals surface area (Å²) in [6.45, 7) is 0. The van der Waals surface area contributed by atoms with Gasteiger partial charge in [-0.1, -0.05) is 0 Å². The van der Waals surface area contributed by atoms with Crippen molar-refractivity contribution in [1.82, 2.24) is 6.15 Å². The minimum Gasteiger partial charge on any atom is -0.344 e. The molecule has 0 fully saturated rings. The minimum atomic E-state index is -2.58. The Labute approximate surface area is 52.0 Å². The summed E-state index contributed by atoms with van der Waals surface area (Å²) >= 11 is -2.58. The molecule has 0 rings (SSSR count). The standard InChI is InChI=1S/CH5AsO2.Fe.H3N/c1-2(3)4;;/h2H,1H3,(H,3,4);;1H3/q;+2;. The molecule has 0 aliphatic heterocycles. The first kappa shape index (κ1) is 15.8. The summed E-state index contributed by atoms with van der Waals surface area (Å²) in [6.07, 6.45) is 0. The van der Waals surface area contributed by atoms with Crippen molar-refractivity contribution in [3.8, 4) is 0 Å². The van der Waals surface area contributed by atoms with Crippen molar-refractivity contribution in [2.24, 2.45) is 0 Å². The van der Waals surface area contributed by atoms with Gasteiger partial charge in [0.2, 0.25) is 0 Å². The number of hydrogen-bond donors (Lipinski definition) is 2. The van der Waals surface area contributed by atoms with Gasteiger partial charge >= 0.3 is 45.5 Å². The van der Waals surface area contributed by atoms with Gasteiger partial charge in [0.05, 0.1) is 0 Å². The van der Waals surface area contributed by atoms with E-state index in [1.807, 2.05) is 0 Å². The Morgan fingerprint density at radius 3 is 1.67 bits per heavy atom. The summed E-state index contributed by atoms with van der Waals surface area (Å²) in [4.78, 5) is 0. The fraction of sp³-hybridized carbons (Fsp3) is 1.00. The van der Waals surface area contributed by atoms with E-state index in [-0.39, 0.29) is 23.2 Å². The van der Waals surface area contributed by atoms with Gasteiger partial charge in [-0.15, -0.1) is 0 Å². The molecule has 0 spiro atoms. The molecule has 0 aromatic heterocycles. The Kier molecular flexibility index (Phi) is 24.4. The SMILES string of the molecule is C[AsH](=O)O.N.[Fe+2]. The topological polar surface area (TPSA) is 72.3 Å². The van der Waals surface area contributed by atoms with Crippen molar-refractivity contribution in [1.29, 1.82) is 0 Å². The predicted octanol–water partition coefficient (Wildman–Crippen LogP) is -0.581. The molecule has 0 aliphatic carbocycles. The van der Waals surface area contributed by atoms with Crippen LogP contribution in [0.2, 0.25) is 5.71 Å². The maximum atomic E-state index is 9.25. The van der Waals surface area contributed by atoms with Crippen LogP contribution in [0.15, 0.2) is 0 Å². The van der Waals surface area contributed by atoms with Gasteiger partial charge in [0.15, 0.2) is 0 Å². The summed E-state index contributed by atoms with van der Waals surface area (Å²) < 4.78 is 16.9. The van der Waals surface area contributed by atoms with Crippen LogP contribution in [0.4, 0.5) is 0 Å². The quantitative estimate of drug-likeness (QED) is 0.510. The van der Waals surface area contributed by atoms with Crippen molar-refractivity contribution in [2.75, 3.05) is 0 Å². The molecule has 0 aromatic rings. The summed E-state index contributed by atoms with van der Waals surface area (Å²) in [5, 5.41) is 0. The maximum absolute atomic E-state index is 9.25. The van der Waals surface area contributed by atoms with E-state index in [0.717, 1.165) is 0 Å². The summed E-state index contributed by atoms with van der Waals surface area (Å²) in [5.74, 6) is 0. The third-order valence-electron chi connectivity index (χ3n) is 0. The molecule has 3 nitrogen and oxygen atoms in total. The minimum absolute atomic E-state index is 0. The second kappa shape index (κ2) is 9.25. The number of rotatable bonds is 0. The van der Waals surface area contributed by atoms with E-state index < -0.39 is 14.9 Å². The Bertz CT molecular complexity index is 36.5. The average molecular weight is 197 g/mol. The second-order valence-electron chi connectivity index (χ2n) is 0.519. The second-order valence-corrected chi connectivity index (χ2v) is 2.70. The Morgan fingerprint density at radius 2 is 1.67 bits per heavy atom. The average Bonchev–Trinajstić information content (AvgIpc) is 0.811. The van der Waals surface area contributed by atoms with E-state index in [1.54, 1.807) is 0 Å². The fourth-order valence-electron chi connectivity index (χ4n) is 0. The number of hydrogen-bond acceptors (Lipinski definition) is 2. The van der Waals surface area contributed by atoms with Crippen molar-refractivity contribution >= 4 is 14.9 Å². The first-order valence-corrected chi connectivity index (χ1v) is 4.82. The van der Waals surface area contributed by atoms with Crippen LogP contribution in [0.3, 0.4) is 0 Å². The van der Waals surface area contributed by atoms with Crippen LogP contribution in [0.1, 0.15) is 0 Å². The molecule has 0 heterocycles. The van der Waals surface area contributed by atoms with Crippen LogP contribution in [-0.4, -0.2) is 19.0 Å². The molecule has 5 heteroatoms. The predicted molar refractivity (Wildman–Crippen MR) is 20.9 cm³/mol. The van der Waals surface area contributed by atoms with Crippen LogP contribution in [0.25, 0.3) is 0 Å². The molecular weight excluding hydrogens is 189 g/mol. The Morgan fingerprint density at radius 1 is 1.67 bits per heavy atom. The van der Waals surface area contributed by atoms with E-state index in [9.17, 15) is 3.74 Å². The molecule has 0 saturated carbocycles. The first-order chi connectivity index (χ1) is 1.73. The van der Waals surface area contributed by atoms with E-state index in [4.69, 9.17) is 4.10 Å². The molecule has 0 bridgehead atoms. The molecule has 0 aromatic carbocycles. The fourth-order valence-corrected chi connectivity index (χ4v) is 0. The molecule has 1 unspecified atom stereocenters. The van der Waals surface area contributed by atoms with Gasteiger partial charge in [-0.2, -0.15) is 0 Å².